The molecule has 0 aliphatic rings. The summed E-state index contributed by atoms with van der Waals surface area (Å²) >= 11 is 1.27. The minimum Gasteiger partial charge on any atom is -0.491 e. The largest absolute Gasteiger partial charge is 0.491 e. The average molecular weight is 423 g/mol. The Labute approximate surface area is 175 Å². The summed E-state index contributed by atoms with van der Waals surface area (Å²) in [5.74, 6) is 0.480. The number of carbonyl (C=O) groups excluding carboxylic acids is 1. The molecule has 0 N–H and O–H groups in total. The van der Waals surface area contributed by atoms with E-state index in [0.29, 0.717) is 69.9 Å². The zero-order chi connectivity index (χ0) is 20.6. The summed E-state index contributed by atoms with van der Waals surface area (Å²) in [7, 11) is 0. The highest BCUT2D eigenvalue weighted by atomic mass is 32.1. The highest BCUT2D eigenvalue weighted by molar-refractivity contribution is 7.06. The van der Waals surface area contributed by atoms with Crippen molar-refractivity contribution in [3.05, 3.63) is 46.4 Å². The van der Waals surface area contributed by atoms with Gasteiger partial charge in [0.25, 0.3) is 5.78 Å². The van der Waals surface area contributed by atoms with Gasteiger partial charge in [-0.3, -0.25) is 4.79 Å². The Hall–Kier alpha value is -2.02. The van der Waals surface area contributed by atoms with Gasteiger partial charge in [-0.15, -0.1) is 0 Å². The third kappa shape index (κ3) is 9.83. The second-order valence-electron chi connectivity index (χ2n) is 5.98. The fourth-order valence-electron chi connectivity index (χ4n) is 2.29. The van der Waals surface area contributed by atoms with Crippen molar-refractivity contribution in [2.24, 2.45) is 0 Å². The predicted octanol–water partition coefficient (Wildman–Crippen LogP) is 2.23. The van der Waals surface area contributed by atoms with Crippen LogP contribution in [-0.4, -0.2) is 65.2 Å². The zero-order valence-electron chi connectivity index (χ0n) is 16.8. The van der Waals surface area contributed by atoms with E-state index in [1.54, 1.807) is 29.6 Å². The lowest BCUT2D eigenvalue weighted by Crippen LogP contribution is -2.14. The van der Waals surface area contributed by atoms with Gasteiger partial charge in [-0.05, 0) is 34.9 Å². The number of hydrogen-bond donors (Lipinski definition) is 0. The van der Waals surface area contributed by atoms with Crippen LogP contribution in [0.2, 0.25) is 0 Å². The lowest BCUT2D eigenvalue weighted by Gasteiger charge is -2.09. The fraction of sp³-hybridized carbons (Fsp3) is 0.524. The van der Waals surface area contributed by atoms with E-state index in [-0.39, 0.29) is 5.78 Å². The van der Waals surface area contributed by atoms with Gasteiger partial charge in [0, 0.05) is 12.2 Å². The molecule has 0 saturated heterocycles. The van der Waals surface area contributed by atoms with Crippen molar-refractivity contribution in [3.63, 3.8) is 0 Å². The molecule has 1 aromatic carbocycles. The molecule has 8 heteroatoms. The number of aromatic nitrogens is 1. The molecule has 1 heterocycles. The van der Waals surface area contributed by atoms with Crippen LogP contribution < -0.4 is 9.72 Å². The summed E-state index contributed by atoms with van der Waals surface area (Å²) in [6.45, 7) is 6.97. The molecule has 158 valence electrons. The number of rotatable bonds is 17. The summed E-state index contributed by atoms with van der Waals surface area (Å²) < 4.78 is 27.2. The van der Waals surface area contributed by atoms with E-state index in [1.165, 1.54) is 11.3 Å². The van der Waals surface area contributed by atoms with Crippen LogP contribution in [-0.2, 0) is 18.9 Å². The number of hydrogen-bond acceptors (Lipinski definition) is 7. The summed E-state index contributed by atoms with van der Waals surface area (Å²) in [6.07, 6.45) is 1.02. The van der Waals surface area contributed by atoms with Crippen molar-refractivity contribution in [3.8, 4) is 5.75 Å². The van der Waals surface area contributed by atoms with Gasteiger partial charge in [-0.25, -0.2) is 0 Å². The number of benzene rings is 1. The van der Waals surface area contributed by atoms with Gasteiger partial charge in [0.15, 0.2) is 0 Å². The van der Waals surface area contributed by atoms with Gasteiger partial charge in [-0.2, -0.15) is 0 Å². The molecule has 1 aromatic heterocycles. The topological polar surface area (TPSA) is 77.3 Å². The lowest BCUT2D eigenvalue weighted by molar-refractivity contribution is -0.293. The van der Waals surface area contributed by atoms with E-state index in [0.717, 1.165) is 13.0 Å². The van der Waals surface area contributed by atoms with E-state index in [1.807, 2.05) is 0 Å². The Kier molecular flexibility index (Phi) is 12.0. The minimum atomic E-state index is -0.140. The van der Waals surface area contributed by atoms with Crippen LogP contribution in [0, 0.1) is 5.51 Å². The summed E-state index contributed by atoms with van der Waals surface area (Å²) in [4.78, 5) is 16.2. The van der Waals surface area contributed by atoms with Crippen molar-refractivity contribution in [2.75, 3.05) is 59.5 Å². The van der Waals surface area contributed by atoms with E-state index in [2.05, 4.69) is 17.4 Å². The predicted molar refractivity (Wildman–Crippen MR) is 108 cm³/mol. The summed E-state index contributed by atoms with van der Waals surface area (Å²) in [5, 5.41) is 1.68. The van der Waals surface area contributed by atoms with Crippen LogP contribution >= 0.6 is 11.3 Å². The van der Waals surface area contributed by atoms with Gasteiger partial charge < -0.3 is 23.7 Å². The first-order valence-corrected chi connectivity index (χ1v) is 10.6. The Morgan fingerprint density at radius 2 is 1.55 bits per heavy atom. The van der Waals surface area contributed by atoms with Crippen LogP contribution in [0.1, 0.15) is 29.4 Å². The molecule has 0 radical (unpaired) electrons. The van der Waals surface area contributed by atoms with E-state index in [4.69, 9.17) is 23.7 Å². The number of ketones is 1. The van der Waals surface area contributed by atoms with Crippen LogP contribution in [0.25, 0.3) is 0 Å². The molecule has 0 atom stereocenters. The molecule has 0 bridgehead atoms. The molecule has 0 amide bonds. The van der Waals surface area contributed by atoms with Gasteiger partial charge >= 0.3 is 11.2 Å². The zero-order valence-corrected chi connectivity index (χ0v) is 17.6. The maximum atomic E-state index is 12.3. The summed E-state index contributed by atoms with van der Waals surface area (Å²) in [6, 6.07) is 7.04. The quantitative estimate of drug-likeness (QED) is 0.286. The van der Waals surface area contributed by atoms with E-state index >= 15 is 0 Å². The molecule has 0 saturated carbocycles. The molecule has 7 nitrogen and oxygen atoms in total. The first-order chi connectivity index (χ1) is 14.3. The number of nitrogens with zero attached hydrogens (tertiary/aromatic N) is 1. The van der Waals surface area contributed by atoms with Gasteiger partial charge in [-0.1, -0.05) is 19.1 Å². The van der Waals surface area contributed by atoms with Crippen molar-refractivity contribution in [1.82, 2.24) is 0 Å². The average Bonchev–Trinajstić information content (AvgIpc) is 3.28. The SMILES string of the molecule is CCCOCCOCCOCCOCCOc1cccc(C(=O)c2csc#[n+]2)c1. The van der Waals surface area contributed by atoms with Crippen LogP contribution in [0.15, 0.2) is 29.6 Å². The molecule has 29 heavy (non-hydrogen) atoms. The maximum absolute atomic E-state index is 12.3. The van der Waals surface area contributed by atoms with Crippen molar-refractivity contribution < 1.29 is 33.5 Å². The normalized spacial score (nSPS) is 10.7. The second kappa shape index (κ2) is 14.9. The van der Waals surface area contributed by atoms with Crippen molar-refractivity contribution in [2.45, 2.75) is 13.3 Å². The first-order valence-electron chi connectivity index (χ1n) is 9.71. The first kappa shape index (κ1) is 23.3. The molecule has 0 spiro atoms. The number of ether oxygens (including phenoxy) is 5. The molecule has 2 aromatic rings. The van der Waals surface area contributed by atoms with Gasteiger partial charge in [0.2, 0.25) is 0 Å². The van der Waals surface area contributed by atoms with E-state index in [9.17, 15) is 4.79 Å². The molecule has 0 aliphatic heterocycles. The molecule has 0 unspecified atom stereocenters. The molecule has 0 aliphatic carbocycles. The van der Waals surface area contributed by atoms with Crippen LogP contribution in [0.5, 0.6) is 5.75 Å². The minimum absolute atomic E-state index is 0.140. The monoisotopic (exact) mass is 422 g/mol. The standard InChI is InChI=1S/C21H28NO6S/c1-2-6-24-7-8-25-9-10-26-11-12-27-13-14-28-19-5-3-4-18(15-19)21(23)20-16-29-17-22-20/h3-5,15-16H,2,6-14H2,1H3/q+1. The smallest absolute Gasteiger partial charge is 0.399 e. The third-order valence-electron chi connectivity index (χ3n) is 3.68. The second-order valence-corrected chi connectivity index (χ2v) is 6.63. The Morgan fingerprint density at radius 1 is 0.931 bits per heavy atom. The van der Waals surface area contributed by atoms with Crippen molar-refractivity contribution in [1.29, 1.82) is 0 Å². The molecule has 2 rings (SSSR count). The van der Waals surface area contributed by atoms with Gasteiger partial charge in [0.05, 0.1) is 46.2 Å². The summed E-state index contributed by atoms with van der Waals surface area (Å²) in [5.41, 5.74) is 3.61. The van der Waals surface area contributed by atoms with E-state index < -0.39 is 0 Å². The highest BCUT2D eigenvalue weighted by Crippen LogP contribution is 2.15. The Balaban J connectivity index is 1.47. The van der Waals surface area contributed by atoms with Crippen LogP contribution in [0.3, 0.4) is 0 Å². The molecular formula is C21H28NO6S+. The number of carbonyl (C=O) groups is 1. The van der Waals surface area contributed by atoms with Crippen LogP contribution in [0.4, 0.5) is 0 Å². The third-order valence-corrected chi connectivity index (χ3v) is 4.22. The Bertz CT molecular complexity index is 680. The lowest BCUT2D eigenvalue weighted by atomic mass is 10.1. The Morgan fingerprint density at radius 3 is 2.14 bits per heavy atom. The fourth-order valence-corrected chi connectivity index (χ4v) is 2.76. The highest BCUT2D eigenvalue weighted by Gasteiger charge is 2.20. The van der Waals surface area contributed by atoms with Gasteiger partial charge in [0.1, 0.15) is 17.7 Å². The molecule has 0 fully saturated rings. The molecular weight excluding hydrogens is 394 g/mol. The maximum Gasteiger partial charge on any atom is 0.399 e. The van der Waals surface area contributed by atoms with Crippen molar-refractivity contribution >= 4 is 17.1 Å².